The summed E-state index contributed by atoms with van der Waals surface area (Å²) in [7, 11) is 2.34. The maximum Gasteiger partial charge on any atom is 0.0252 e. The summed E-state index contributed by atoms with van der Waals surface area (Å²) < 4.78 is 0. The van der Waals surface area contributed by atoms with Crippen molar-refractivity contribution in [3.05, 3.63) is 0 Å². The van der Waals surface area contributed by atoms with Gasteiger partial charge in [0.2, 0.25) is 0 Å². The van der Waals surface area contributed by atoms with E-state index in [4.69, 9.17) is 5.73 Å². The molecule has 2 N–H and O–H groups in total. The molecule has 2 atom stereocenters. The fourth-order valence-electron chi connectivity index (χ4n) is 4.03. The third-order valence-electron chi connectivity index (χ3n) is 5.56. The number of nitrogens with zero attached hydrogens (tertiary/aromatic N) is 1. The molecule has 0 aromatic carbocycles. The van der Waals surface area contributed by atoms with Crippen LogP contribution in [0.5, 0.6) is 0 Å². The molecule has 0 aromatic heterocycles. The topological polar surface area (TPSA) is 29.3 Å². The van der Waals surface area contributed by atoms with Crippen molar-refractivity contribution < 1.29 is 0 Å². The quantitative estimate of drug-likeness (QED) is 0.762. The summed E-state index contributed by atoms with van der Waals surface area (Å²) in [6.45, 7) is 4.70. The first-order valence-corrected chi connectivity index (χ1v) is 8.00. The molecule has 2 nitrogen and oxygen atoms in total. The van der Waals surface area contributed by atoms with Crippen LogP contribution in [0.3, 0.4) is 0 Å². The van der Waals surface area contributed by atoms with Gasteiger partial charge in [-0.2, -0.15) is 0 Å². The van der Waals surface area contributed by atoms with Gasteiger partial charge in [0.15, 0.2) is 0 Å². The van der Waals surface area contributed by atoms with Crippen LogP contribution in [0.4, 0.5) is 0 Å². The van der Waals surface area contributed by atoms with Crippen LogP contribution in [0.25, 0.3) is 0 Å². The monoisotopic (exact) mass is 252 g/mol. The van der Waals surface area contributed by atoms with Gasteiger partial charge in [-0.1, -0.05) is 46.0 Å². The fraction of sp³-hybridized carbons (Fsp3) is 1.00. The van der Waals surface area contributed by atoms with Crippen LogP contribution < -0.4 is 5.73 Å². The minimum atomic E-state index is 0.321. The van der Waals surface area contributed by atoms with Crippen molar-refractivity contribution in [2.24, 2.45) is 11.1 Å². The van der Waals surface area contributed by atoms with Crippen LogP contribution >= 0.6 is 0 Å². The van der Waals surface area contributed by atoms with Gasteiger partial charge in [-0.3, -0.25) is 4.90 Å². The predicted octanol–water partition coefficient (Wildman–Crippen LogP) is 3.55. The van der Waals surface area contributed by atoms with Crippen LogP contribution in [0.15, 0.2) is 0 Å². The lowest BCUT2D eigenvalue weighted by atomic mass is 9.70. The first-order chi connectivity index (χ1) is 8.52. The van der Waals surface area contributed by atoms with Crippen molar-refractivity contribution in [3.8, 4) is 0 Å². The number of likely N-dealkylation sites (N-methyl/N-ethyl adjacent to an activating group) is 1. The summed E-state index contributed by atoms with van der Waals surface area (Å²) >= 11 is 0. The van der Waals surface area contributed by atoms with E-state index in [1.807, 2.05) is 0 Å². The summed E-state index contributed by atoms with van der Waals surface area (Å²) in [5.41, 5.74) is 6.88. The van der Waals surface area contributed by atoms with Gasteiger partial charge < -0.3 is 5.73 Å². The summed E-state index contributed by atoms with van der Waals surface area (Å²) in [6, 6.07) is 1.74. The van der Waals surface area contributed by atoms with Gasteiger partial charge in [0.1, 0.15) is 0 Å². The highest BCUT2D eigenvalue weighted by atomic mass is 15.2. The molecule has 18 heavy (non-hydrogen) atoms. The Bertz CT molecular complexity index is 254. The third kappa shape index (κ3) is 3.08. The summed E-state index contributed by atoms with van der Waals surface area (Å²) in [5, 5.41) is 0. The van der Waals surface area contributed by atoms with Gasteiger partial charge in [0, 0.05) is 18.1 Å². The minimum absolute atomic E-state index is 0.321. The fourth-order valence-corrected chi connectivity index (χ4v) is 4.03. The molecule has 2 fully saturated rings. The molecule has 0 radical (unpaired) electrons. The molecule has 2 unspecified atom stereocenters. The summed E-state index contributed by atoms with van der Waals surface area (Å²) in [5.74, 6) is 0. The average molecular weight is 252 g/mol. The van der Waals surface area contributed by atoms with Gasteiger partial charge in [-0.25, -0.2) is 0 Å². The standard InChI is InChI=1S/C16H32N2/c1-16(2)12-8-11-14(15(16)17)18(3)13-9-6-4-5-7-10-13/h13-15H,4-12,17H2,1-3H3. The Balaban J connectivity index is 2.00. The molecule has 0 spiro atoms. The number of hydrogen-bond acceptors (Lipinski definition) is 2. The number of hydrogen-bond donors (Lipinski definition) is 1. The van der Waals surface area contributed by atoms with Gasteiger partial charge in [-0.15, -0.1) is 0 Å². The maximum atomic E-state index is 6.56. The predicted molar refractivity (Wildman–Crippen MR) is 78.6 cm³/mol. The Kier molecular flexibility index (Phi) is 4.71. The van der Waals surface area contributed by atoms with Crippen molar-refractivity contribution in [1.82, 2.24) is 4.90 Å². The molecule has 0 aromatic rings. The van der Waals surface area contributed by atoms with Crippen molar-refractivity contribution in [2.75, 3.05) is 7.05 Å². The molecule has 0 aliphatic heterocycles. The van der Waals surface area contributed by atoms with Crippen LogP contribution in [0, 0.1) is 5.41 Å². The molecule has 2 aliphatic carbocycles. The van der Waals surface area contributed by atoms with Crippen LogP contribution in [-0.4, -0.2) is 30.1 Å². The average Bonchev–Trinajstić information content (AvgIpc) is 2.60. The van der Waals surface area contributed by atoms with E-state index >= 15 is 0 Å². The van der Waals surface area contributed by atoms with Gasteiger partial charge in [0.25, 0.3) is 0 Å². The molecule has 2 rings (SSSR count). The molecule has 0 bridgehead atoms. The first kappa shape index (κ1) is 14.3. The molecule has 2 heteroatoms. The van der Waals surface area contributed by atoms with Crippen molar-refractivity contribution in [3.63, 3.8) is 0 Å². The van der Waals surface area contributed by atoms with E-state index in [0.717, 1.165) is 6.04 Å². The molecule has 0 saturated heterocycles. The lowest BCUT2D eigenvalue weighted by molar-refractivity contribution is 0.0532. The maximum absolute atomic E-state index is 6.56. The van der Waals surface area contributed by atoms with Gasteiger partial charge >= 0.3 is 0 Å². The zero-order chi connectivity index (χ0) is 13.2. The first-order valence-electron chi connectivity index (χ1n) is 8.00. The van der Waals surface area contributed by atoms with Crippen LogP contribution in [0.1, 0.15) is 71.6 Å². The zero-order valence-electron chi connectivity index (χ0n) is 12.6. The second kappa shape index (κ2) is 5.92. The summed E-state index contributed by atoms with van der Waals surface area (Å²) in [6.07, 6.45) is 12.4. The van der Waals surface area contributed by atoms with Gasteiger partial charge in [-0.05, 0) is 38.1 Å². The highest BCUT2D eigenvalue weighted by molar-refractivity contribution is 4.97. The Hall–Kier alpha value is -0.0800. The molecule has 2 aliphatic rings. The second-order valence-electron chi connectivity index (χ2n) is 7.28. The SMILES string of the molecule is CN(C1CCCCCC1)C1CCCC(C)(C)C1N. The third-order valence-corrected chi connectivity index (χ3v) is 5.56. The van der Waals surface area contributed by atoms with E-state index in [9.17, 15) is 0 Å². The van der Waals surface area contributed by atoms with E-state index in [2.05, 4.69) is 25.8 Å². The van der Waals surface area contributed by atoms with E-state index < -0.39 is 0 Å². The van der Waals surface area contributed by atoms with Gasteiger partial charge in [0.05, 0.1) is 0 Å². The molecular weight excluding hydrogens is 220 g/mol. The van der Waals surface area contributed by atoms with Crippen molar-refractivity contribution >= 4 is 0 Å². The van der Waals surface area contributed by atoms with Crippen LogP contribution in [-0.2, 0) is 0 Å². The van der Waals surface area contributed by atoms with Crippen LogP contribution in [0.2, 0.25) is 0 Å². The lowest BCUT2D eigenvalue weighted by Gasteiger charge is -2.47. The molecule has 2 saturated carbocycles. The highest BCUT2D eigenvalue weighted by Crippen LogP contribution is 2.37. The molecule has 0 heterocycles. The molecule has 106 valence electrons. The van der Waals surface area contributed by atoms with E-state index in [0.29, 0.717) is 17.5 Å². The normalized spacial score (nSPS) is 34.5. The molecular formula is C16H32N2. The van der Waals surface area contributed by atoms with Crippen molar-refractivity contribution in [2.45, 2.75) is 89.8 Å². The Morgan fingerprint density at radius 1 is 0.944 bits per heavy atom. The second-order valence-corrected chi connectivity index (χ2v) is 7.28. The Labute approximate surface area is 113 Å². The Morgan fingerprint density at radius 2 is 1.56 bits per heavy atom. The largest absolute Gasteiger partial charge is 0.326 e. The van der Waals surface area contributed by atoms with E-state index in [1.54, 1.807) is 0 Å². The minimum Gasteiger partial charge on any atom is -0.326 e. The Morgan fingerprint density at radius 3 is 2.17 bits per heavy atom. The smallest absolute Gasteiger partial charge is 0.0252 e. The molecule has 0 amide bonds. The zero-order valence-corrected chi connectivity index (χ0v) is 12.6. The highest BCUT2D eigenvalue weighted by Gasteiger charge is 2.39. The van der Waals surface area contributed by atoms with E-state index in [1.165, 1.54) is 57.8 Å². The van der Waals surface area contributed by atoms with E-state index in [-0.39, 0.29) is 0 Å². The number of nitrogens with two attached hydrogens (primary N) is 1. The summed E-state index contributed by atoms with van der Waals surface area (Å²) in [4.78, 5) is 2.65. The van der Waals surface area contributed by atoms with Crippen molar-refractivity contribution in [1.29, 1.82) is 0 Å². The lowest BCUT2D eigenvalue weighted by Crippen LogP contribution is -2.58. The number of rotatable bonds is 2.